The minimum Gasteiger partial charge on any atom is -0.497 e. The number of hydrogen-bond acceptors (Lipinski definition) is 6. The van der Waals surface area contributed by atoms with Crippen molar-refractivity contribution in [2.24, 2.45) is 0 Å². The van der Waals surface area contributed by atoms with Crippen LogP contribution in [-0.2, 0) is 0 Å². The van der Waals surface area contributed by atoms with Crippen molar-refractivity contribution >= 4 is 22.4 Å². The third-order valence-corrected chi connectivity index (χ3v) is 5.32. The molecule has 0 amide bonds. The molecular weight excluding hydrogens is 362 g/mol. The predicted octanol–water partition coefficient (Wildman–Crippen LogP) is 2.69. The van der Waals surface area contributed by atoms with Gasteiger partial charge < -0.3 is 9.47 Å². The van der Waals surface area contributed by atoms with Crippen molar-refractivity contribution in [1.82, 2.24) is 14.6 Å². The highest BCUT2D eigenvalue weighted by atomic mass is 32.1. The summed E-state index contributed by atoms with van der Waals surface area (Å²) in [5.41, 5.74) is 2.59. The molecule has 0 bridgehead atoms. The van der Waals surface area contributed by atoms with Crippen molar-refractivity contribution in [2.45, 2.75) is 6.92 Å². The van der Waals surface area contributed by atoms with Gasteiger partial charge in [-0.2, -0.15) is 0 Å². The molecule has 4 rings (SSSR count). The molecule has 6 nitrogen and oxygen atoms in total. The Morgan fingerprint density at radius 3 is 2.63 bits per heavy atom. The van der Waals surface area contributed by atoms with Crippen LogP contribution in [0.2, 0.25) is 0 Å². The van der Waals surface area contributed by atoms with Crippen LogP contribution in [0.4, 0.5) is 0 Å². The molecule has 0 aliphatic carbocycles. The zero-order valence-electron chi connectivity index (χ0n) is 15.1. The molecule has 0 saturated carbocycles. The zero-order chi connectivity index (χ0) is 19.0. The van der Waals surface area contributed by atoms with E-state index in [-0.39, 0.29) is 5.56 Å². The number of aryl methyl sites for hydroxylation is 1. The van der Waals surface area contributed by atoms with E-state index in [9.17, 15) is 4.79 Å². The number of nitrogens with zero attached hydrogens (tertiary/aromatic N) is 3. The zero-order valence-corrected chi connectivity index (χ0v) is 15.9. The molecule has 0 fully saturated rings. The van der Waals surface area contributed by atoms with Crippen molar-refractivity contribution in [1.29, 1.82) is 0 Å². The number of methoxy groups -OCH3 is 2. The second-order valence-electron chi connectivity index (χ2n) is 5.98. The molecule has 0 saturated heterocycles. The van der Waals surface area contributed by atoms with Crippen LogP contribution in [0.5, 0.6) is 11.5 Å². The monoisotopic (exact) mass is 379 g/mol. The van der Waals surface area contributed by atoms with E-state index in [1.807, 2.05) is 49.4 Å². The molecule has 0 unspecified atom stereocenters. The van der Waals surface area contributed by atoms with Crippen LogP contribution >= 0.6 is 11.3 Å². The molecule has 0 spiro atoms. The summed E-state index contributed by atoms with van der Waals surface area (Å²) in [5.74, 6) is 1.89. The van der Waals surface area contributed by atoms with Crippen molar-refractivity contribution in [3.63, 3.8) is 0 Å². The highest BCUT2D eigenvalue weighted by Crippen LogP contribution is 2.25. The molecule has 0 aliphatic rings. The fourth-order valence-electron chi connectivity index (χ4n) is 2.94. The van der Waals surface area contributed by atoms with Gasteiger partial charge in [-0.3, -0.25) is 4.79 Å². The minimum absolute atomic E-state index is 0.142. The van der Waals surface area contributed by atoms with Crippen LogP contribution < -0.4 is 19.6 Å². The van der Waals surface area contributed by atoms with Crippen LogP contribution in [-0.4, -0.2) is 28.8 Å². The molecule has 2 aromatic heterocycles. The Bertz CT molecular complexity index is 1240. The molecule has 27 heavy (non-hydrogen) atoms. The Hall–Kier alpha value is -3.19. The van der Waals surface area contributed by atoms with Crippen LogP contribution in [0.25, 0.3) is 22.4 Å². The lowest BCUT2D eigenvalue weighted by Gasteiger charge is -2.06. The number of rotatable bonds is 4. The topological polar surface area (TPSA) is 65.7 Å². The second-order valence-corrected chi connectivity index (χ2v) is 6.99. The third-order valence-electron chi connectivity index (χ3n) is 4.36. The lowest BCUT2D eigenvalue weighted by Crippen LogP contribution is -2.23. The first-order chi connectivity index (χ1) is 13.1. The van der Waals surface area contributed by atoms with E-state index in [0.29, 0.717) is 26.8 Å². The van der Waals surface area contributed by atoms with E-state index >= 15 is 0 Å². The van der Waals surface area contributed by atoms with Gasteiger partial charge in [-0.1, -0.05) is 35.6 Å². The Labute approximate surface area is 159 Å². The molecule has 2 heterocycles. The molecule has 0 radical (unpaired) electrons. The second kappa shape index (κ2) is 6.85. The van der Waals surface area contributed by atoms with Gasteiger partial charge in [0.2, 0.25) is 4.96 Å². The first kappa shape index (κ1) is 17.2. The van der Waals surface area contributed by atoms with Crippen LogP contribution in [0.3, 0.4) is 0 Å². The van der Waals surface area contributed by atoms with Gasteiger partial charge in [-0.25, -0.2) is 4.40 Å². The van der Waals surface area contributed by atoms with E-state index < -0.39 is 0 Å². The summed E-state index contributed by atoms with van der Waals surface area (Å²) in [6.07, 6.45) is 1.81. The molecular formula is C20H17N3O3S. The van der Waals surface area contributed by atoms with Crippen molar-refractivity contribution in [3.8, 4) is 22.9 Å². The Morgan fingerprint density at radius 2 is 1.89 bits per heavy atom. The van der Waals surface area contributed by atoms with Gasteiger partial charge in [0.05, 0.1) is 18.8 Å². The van der Waals surface area contributed by atoms with E-state index in [1.165, 1.54) is 11.3 Å². The van der Waals surface area contributed by atoms with Gasteiger partial charge >= 0.3 is 0 Å². The van der Waals surface area contributed by atoms with Gasteiger partial charge in [0, 0.05) is 17.2 Å². The minimum atomic E-state index is -0.142. The van der Waals surface area contributed by atoms with Gasteiger partial charge in [0.1, 0.15) is 11.5 Å². The summed E-state index contributed by atoms with van der Waals surface area (Å²) in [6, 6.07) is 13.3. The smallest absolute Gasteiger partial charge is 0.276 e. The summed E-state index contributed by atoms with van der Waals surface area (Å²) < 4.78 is 12.8. The Kier molecular flexibility index (Phi) is 4.37. The number of ether oxygens (including phenoxy) is 2. The molecule has 2 aromatic carbocycles. The average molecular weight is 379 g/mol. The molecule has 136 valence electrons. The predicted molar refractivity (Wildman–Crippen MR) is 106 cm³/mol. The quantitative estimate of drug-likeness (QED) is 0.545. The third kappa shape index (κ3) is 2.96. The molecule has 0 aliphatic heterocycles. The first-order valence-electron chi connectivity index (χ1n) is 8.30. The number of fused-ring (bicyclic) bond motifs is 1. The number of thiazole rings is 1. The van der Waals surface area contributed by atoms with Crippen molar-refractivity contribution < 1.29 is 9.47 Å². The summed E-state index contributed by atoms with van der Waals surface area (Å²) in [5, 5.41) is 8.41. The highest BCUT2D eigenvalue weighted by Gasteiger charge is 2.15. The maximum Gasteiger partial charge on any atom is 0.276 e. The Balaban J connectivity index is 1.91. The van der Waals surface area contributed by atoms with E-state index in [2.05, 4.69) is 10.2 Å². The standard InChI is InChI=1S/C20H17N3O3S/c1-12-6-4-5-7-15(12)18-21-22-20-23(18)19(24)17(27-20)10-13-8-9-14(25-2)11-16(13)26-3/h4-11H,1-3H3/b17-10-. The summed E-state index contributed by atoms with van der Waals surface area (Å²) in [7, 11) is 3.19. The number of hydrogen-bond donors (Lipinski definition) is 0. The summed E-state index contributed by atoms with van der Waals surface area (Å²) >= 11 is 1.30. The van der Waals surface area contributed by atoms with Crippen LogP contribution in [0.1, 0.15) is 11.1 Å². The maximum atomic E-state index is 13.0. The largest absolute Gasteiger partial charge is 0.497 e. The van der Waals surface area contributed by atoms with Gasteiger partial charge in [-0.15, -0.1) is 10.2 Å². The Morgan fingerprint density at radius 1 is 1.07 bits per heavy atom. The van der Waals surface area contributed by atoms with E-state index in [1.54, 1.807) is 24.7 Å². The molecule has 4 aromatic rings. The van der Waals surface area contributed by atoms with Crippen molar-refractivity contribution in [3.05, 3.63) is 68.5 Å². The molecule has 0 N–H and O–H groups in total. The number of aromatic nitrogens is 3. The van der Waals surface area contributed by atoms with Gasteiger partial charge in [0.15, 0.2) is 5.82 Å². The van der Waals surface area contributed by atoms with Gasteiger partial charge in [-0.05, 0) is 30.7 Å². The van der Waals surface area contributed by atoms with Crippen molar-refractivity contribution in [2.75, 3.05) is 14.2 Å². The lowest BCUT2D eigenvalue weighted by molar-refractivity contribution is 0.393. The van der Waals surface area contributed by atoms with Gasteiger partial charge in [0.25, 0.3) is 5.56 Å². The lowest BCUT2D eigenvalue weighted by atomic mass is 10.1. The fraction of sp³-hybridized carbons (Fsp3) is 0.150. The molecule has 7 heteroatoms. The maximum absolute atomic E-state index is 13.0. The summed E-state index contributed by atoms with van der Waals surface area (Å²) in [4.78, 5) is 13.6. The number of benzene rings is 2. The normalized spacial score (nSPS) is 11.9. The average Bonchev–Trinajstić information content (AvgIpc) is 3.23. The highest BCUT2D eigenvalue weighted by molar-refractivity contribution is 7.15. The molecule has 0 atom stereocenters. The summed E-state index contributed by atoms with van der Waals surface area (Å²) in [6.45, 7) is 1.99. The van der Waals surface area contributed by atoms with Crippen LogP contribution in [0.15, 0.2) is 47.3 Å². The fourth-order valence-corrected chi connectivity index (χ4v) is 3.84. The van der Waals surface area contributed by atoms with E-state index in [0.717, 1.165) is 16.7 Å². The first-order valence-corrected chi connectivity index (χ1v) is 9.11. The van der Waals surface area contributed by atoms with E-state index in [4.69, 9.17) is 9.47 Å². The SMILES string of the molecule is COc1ccc(/C=c2\sc3nnc(-c4ccccc4C)n3c2=O)c(OC)c1. The van der Waals surface area contributed by atoms with Crippen LogP contribution in [0, 0.1) is 6.92 Å².